The van der Waals surface area contributed by atoms with Crippen LogP contribution in [0.15, 0.2) is 24.8 Å². The first-order valence-electron chi connectivity index (χ1n) is 5.90. The number of hydrogen-bond acceptors (Lipinski definition) is 5. The number of amides is 1. The molecule has 0 heterocycles. The monoisotopic (exact) mass is 280 g/mol. The lowest BCUT2D eigenvalue weighted by Crippen LogP contribution is -2.16. The number of carbonyl (C=O) groups is 1. The van der Waals surface area contributed by atoms with Gasteiger partial charge in [0.2, 0.25) is 5.75 Å². The molecule has 0 saturated heterocycles. The van der Waals surface area contributed by atoms with Crippen molar-refractivity contribution >= 4 is 11.6 Å². The van der Waals surface area contributed by atoms with Crippen LogP contribution in [-0.4, -0.2) is 23.5 Å². The number of rotatable bonds is 7. The Balaban J connectivity index is 3.49. The number of nitrogens with two attached hydrogens (primary N) is 1. The Morgan fingerprint density at radius 3 is 2.60 bits per heavy atom. The first kappa shape index (κ1) is 15.5. The first-order chi connectivity index (χ1) is 9.38. The number of carbonyl (C=O) groups excluding carboxylic acids is 1. The summed E-state index contributed by atoms with van der Waals surface area (Å²) in [6.07, 6.45) is 1.12. The highest BCUT2D eigenvalue weighted by molar-refractivity contribution is 5.97. The molecule has 0 unspecified atom stereocenters. The fourth-order valence-corrected chi connectivity index (χ4v) is 1.53. The highest BCUT2D eigenvalue weighted by Gasteiger charge is 2.26. The van der Waals surface area contributed by atoms with Crippen molar-refractivity contribution < 1.29 is 19.2 Å². The van der Waals surface area contributed by atoms with E-state index in [-0.39, 0.29) is 35.5 Å². The molecule has 1 aromatic carbocycles. The maximum absolute atomic E-state index is 11.4. The molecule has 1 rings (SSSR count). The van der Waals surface area contributed by atoms with Gasteiger partial charge in [-0.3, -0.25) is 14.9 Å². The number of benzene rings is 1. The Morgan fingerprint density at radius 1 is 1.50 bits per heavy atom. The summed E-state index contributed by atoms with van der Waals surface area (Å²) in [4.78, 5) is 21.8. The molecule has 0 radical (unpaired) electrons. The third kappa shape index (κ3) is 3.47. The van der Waals surface area contributed by atoms with Crippen LogP contribution in [0.4, 0.5) is 5.69 Å². The SMILES string of the molecule is C=CCOc1c(C(N)=O)ccc([N+](=O)[O-])c1OC(C)C. The maximum atomic E-state index is 11.4. The molecule has 0 fully saturated rings. The van der Waals surface area contributed by atoms with Crippen molar-refractivity contribution in [3.63, 3.8) is 0 Å². The summed E-state index contributed by atoms with van der Waals surface area (Å²) in [5.41, 5.74) is 4.97. The Kier molecular flexibility index (Phi) is 5.08. The molecule has 1 amide bonds. The van der Waals surface area contributed by atoms with Gasteiger partial charge in [-0.15, -0.1) is 0 Å². The van der Waals surface area contributed by atoms with Crippen LogP contribution >= 0.6 is 0 Å². The maximum Gasteiger partial charge on any atom is 0.314 e. The molecular formula is C13H16N2O5. The summed E-state index contributed by atoms with van der Waals surface area (Å²) in [6.45, 7) is 6.96. The van der Waals surface area contributed by atoms with Crippen LogP contribution in [0.5, 0.6) is 11.5 Å². The van der Waals surface area contributed by atoms with Crippen LogP contribution in [0.3, 0.4) is 0 Å². The molecule has 0 saturated carbocycles. The van der Waals surface area contributed by atoms with Crippen LogP contribution in [0, 0.1) is 10.1 Å². The largest absolute Gasteiger partial charge is 0.485 e. The minimum absolute atomic E-state index is 0.0214. The van der Waals surface area contributed by atoms with Gasteiger partial charge in [-0.25, -0.2) is 0 Å². The van der Waals surface area contributed by atoms with Crippen molar-refractivity contribution in [1.29, 1.82) is 0 Å². The van der Waals surface area contributed by atoms with Crippen LogP contribution in [-0.2, 0) is 0 Å². The molecule has 108 valence electrons. The second-order valence-corrected chi connectivity index (χ2v) is 4.18. The average Bonchev–Trinajstić information content (AvgIpc) is 2.35. The predicted octanol–water partition coefficient (Wildman–Crippen LogP) is 2.05. The summed E-state index contributed by atoms with van der Waals surface area (Å²) in [6, 6.07) is 2.41. The molecule has 0 aromatic heterocycles. The molecule has 20 heavy (non-hydrogen) atoms. The van der Waals surface area contributed by atoms with E-state index < -0.39 is 10.8 Å². The van der Waals surface area contributed by atoms with E-state index in [1.807, 2.05) is 0 Å². The minimum Gasteiger partial charge on any atom is -0.485 e. The van der Waals surface area contributed by atoms with Crippen LogP contribution < -0.4 is 15.2 Å². The van der Waals surface area contributed by atoms with Gasteiger partial charge in [-0.1, -0.05) is 12.7 Å². The lowest BCUT2D eigenvalue weighted by atomic mass is 10.1. The average molecular weight is 280 g/mol. The van der Waals surface area contributed by atoms with Gasteiger partial charge >= 0.3 is 5.69 Å². The Labute approximate surface area is 116 Å². The number of nitrogens with zero attached hydrogens (tertiary/aromatic N) is 1. The predicted molar refractivity (Wildman–Crippen MR) is 73.1 cm³/mol. The van der Waals surface area contributed by atoms with E-state index in [2.05, 4.69) is 6.58 Å². The lowest BCUT2D eigenvalue weighted by Gasteiger charge is -2.16. The van der Waals surface area contributed by atoms with Gasteiger partial charge in [0.1, 0.15) is 6.61 Å². The lowest BCUT2D eigenvalue weighted by molar-refractivity contribution is -0.386. The molecule has 0 aliphatic heterocycles. The molecule has 7 heteroatoms. The van der Waals surface area contributed by atoms with Crippen LogP contribution in [0.2, 0.25) is 0 Å². The Hall–Kier alpha value is -2.57. The Morgan fingerprint density at radius 2 is 2.15 bits per heavy atom. The van der Waals surface area contributed by atoms with Gasteiger partial charge in [0, 0.05) is 6.07 Å². The van der Waals surface area contributed by atoms with E-state index in [4.69, 9.17) is 15.2 Å². The third-order valence-electron chi connectivity index (χ3n) is 2.25. The minimum atomic E-state index is -0.757. The third-order valence-corrected chi connectivity index (χ3v) is 2.25. The smallest absolute Gasteiger partial charge is 0.314 e. The summed E-state index contributed by atoms with van der Waals surface area (Å²) < 4.78 is 10.7. The van der Waals surface area contributed by atoms with E-state index in [1.54, 1.807) is 13.8 Å². The van der Waals surface area contributed by atoms with Gasteiger partial charge in [0.25, 0.3) is 5.91 Å². The highest BCUT2D eigenvalue weighted by atomic mass is 16.6. The molecule has 2 N–H and O–H groups in total. The standard InChI is InChI=1S/C13H16N2O5/c1-4-7-19-11-9(13(14)16)5-6-10(15(17)18)12(11)20-8(2)3/h4-6,8H,1,7H2,2-3H3,(H2,14,16). The molecule has 0 bridgehead atoms. The molecule has 0 aliphatic rings. The van der Waals surface area contributed by atoms with Gasteiger partial charge in [-0.05, 0) is 19.9 Å². The van der Waals surface area contributed by atoms with Crippen molar-refractivity contribution in [2.24, 2.45) is 5.73 Å². The summed E-state index contributed by atoms with van der Waals surface area (Å²) in [5, 5.41) is 11.0. The van der Waals surface area contributed by atoms with Gasteiger partial charge in [0.15, 0.2) is 5.75 Å². The van der Waals surface area contributed by atoms with Crippen molar-refractivity contribution in [2.75, 3.05) is 6.61 Å². The zero-order valence-electron chi connectivity index (χ0n) is 11.3. The topological polar surface area (TPSA) is 105 Å². The van der Waals surface area contributed by atoms with Crippen molar-refractivity contribution in [3.05, 3.63) is 40.5 Å². The first-order valence-corrected chi connectivity index (χ1v) is 5.90. The van der Waals surface area contributed by atoms with Crippen molar-refractivity contribution in [3.8, 4) is 11.5 Å². The molecule has 0 spiro atoms. The molecule has 1 aromatic rings. The number of nitro groups is 1. The second kappa shape index (κ2) is 6.55. The summed E-state index contributed by atoms with van der Waals surface area (Å²) in [5.74, 6) is -0.906. The molecule has 0 atom stereocenters. The van der Waals surface area contributed by atoms with Crippen LogP contribution in [0.1, 0.15) is 24.2 Å². The van der Waals surface area contributed by atoms with E-state index in [0.717, 1.165) is 0 Å². The molecular weight excluding hydrogens is 264 g/mol. The zero-order valence-corrected chi connectivity index (χ0v) is 11.3. The number of hydrogen-bond donors (Lipinski definition) is 1. The zero-order chi connectivity index (χ0) is 15.3. The van der Waals surface area contributed by atoms with Crippen molar-refractivity contribution in [2.45, 2.75) is 20.0 Å². The highest BCUT2D eigenvalue weighted by Crippen LogP contribution is 2.40. The fraction of sp³-hybridized carbons (Fsp3) is 0.308. The fourth-order valence-electron chi connectivity index (χ4n) is 1.53. The van der Waals surface area contributed by atoms with Gasteiger partial charge < -0.3 is 15.2 Å². The summed E-state index contributed by atoms with van der Waals surface area (Å²) >= 11 is 0. The molecule has 7 nitrogen and oxygen atoms in total. The second-order valence-electron chi connectivity index (χ2n) is 4.18. The quantitative estimate of drug-likeness (QED) is 0.467. The van der Waals surface area contributed by atoms with Gasteiger partial charge in [0.05, 0.1) is 16.6 Å². The van der Waals surface area contributed by atoms with Gasteiger partial charge in [-0.2, -0.15) is 0 Å². The van der Waals surface area contributed by atoms with Crippen LogP contribution in [0.25, 0.3) is 0 Å². The number of nitro benzene ring substituents is 1. The summed E-state index contributed by atoms with van der Waals surface area (Å²) in [7, 11) is 0. The van der Waals surface area contributed by atoms with E-state index >= 15 is 0 Å². The Bertz CT molecular complexity index is 540. The number of ether oxygens (including phenoxy) is 2. The normalized spacial score (nSPS) is 10.2. The van der Waals surface area contributed by atoms with E-state index in [1.165, 1.54) is 18.2 Å². The van der Waals surface area contributed by atoms with E-state index in [0.29, 0.717) is 0 Å². The molecule has 0 aliphatic carbocycles. The van der Waals surface area contributed by atoms with Crippen molar-refractivity contribution in [1.82, 2.24) is 0 Å². The van der Waals surface area contributed by atoms with E-state index in [9.17, 15) is 14.9 Å². The number of primary amides is 1.